The molecule has 1 aliphatic rings. The van der Waals surface area contributed by atoms with Gasteiger partial charge in [-0.2, -0.15) is 0 Å². The average Bonchev–Trinajstić information content (AvgIpc) is 2.83. The number of aliphatic hydroxyl groups is 1. The van der Waals surface area contributed by atoms with Crippen molar-refractivity contribution in [3.63, 3.8) is 0 Å². The highest BCUT2D eigenvalue weighted by molar-refractivity contribution is 5.87. The first-order chi connectivity index (χ1) is 10.5. The number of aliphatic hydroxyl groups excluding tert-OH is 1. The zero-order valence-corrected chi connectivity index (χ0v) is 12.7. The van der Waals surface area contributed by atoms with E-state index < -0.39 is 12.3 Å². The van der Waals surface area contributed by atoms with Crippen molar-refractivity contribution in [3.05, 3.63) is 42.0 Å². The summed E-state index contributed by atoms with van der Waals surface area (Å²) in [4.78, 5) is 10.9. The minimum atomic E-state index is -0.965. The maximum atomic E-state index is 10.9. The zero-order chi connectivity index (χ0) is 16.1. The molecule has 22 heavy (non-hydrogen) atoms. The summed E-state index contributed by atoms with van der Waals surface area (Å²) in [5.41, 5.74) is 0.884. The van der Waals surface area contributed by atoms with Crippen LogP contribution >= 0.6 is 0 Å². The van der Waals surface area contributed by atoms with Crippen LogP contribution in [-0.4, -0.2) is 34.7 Å². The van der Waals surface area contributed by atoms with Crippen LogP contribution in [0.2, 0.25) is 0 Å². The van der Waals surface area contributed by atoms with Crippen LogP contribution in [0.5, 0.6) is 5.75 Å². The van der Waals surface area contributed by atoms with Crippen LogP contribution in [0, 0.1) is 0 Å². The summed E-state index contributed by atoms with van der Waals surface area (Å²) in [7, 11) is 0. The Kier molecular flexibility index (Phi) is 5.57. The van der Waals surface area contributed by atoms with Crippen LogP contribution in [0.1, 0.15) is 43.0 Å². The molecule has 1 aromatic carbocycles. The fraction of sp³-hybridized carbons (Fsp3) is 0.471. The first-order valence-corrected chi connectivity index (χ1v) is 7.52. The number of hydrogen-bond acceptors (Lipinski definition) is 4. The molecule has 0 aromatic heterocycles. The van der Waals surface area contributed by atoms with Gasteiger partial charge in [-0.3, -0.25) is 0 Å². The molecular weight excluding hydrogens is 284 g/mol. The number of benzene rings is 1. The maximum absolute atomic E-state index is 10.9. The molecule has 1 saturated heterocycles. The molecule has 0 aliphatic carbocycles. The van der Waals surface area contributed by atoms with Crippen LogP contribution in [0.15, 0.2) is 36.4 Å². The number of carbonyl (C=O) groups is 1. The third-order valence-corrected chi connectivity index (χ3v) is 3.76. The summed E-state index contributed by atoms with van der Waals surface area (Å²) >= 11 is 0. The molecule has 0 radical (unpaired) electrons. The van der Waals surface area contributed by atoms with Crippen molar-refractivity contribution in [2.45, 2.75) is 51.1 Å². The summed E-state index contributed by atoms with van der Waals surface area (Å²) in [6.07, 6.45) is 2.06. The molecular formula is C17H22O5. The molecule has 3 atom stereocenters. The van der Waals surface area contributed by atoms with E-state index in [4.69, 9.17) is 14.6 Å². The number of carboxylic acid groups (broad SMARTS) is 1. The van der Waals surface area contributed by atoms with Gasteiger partial charge in [0.15, 0.2) is 6.29 Å². The molecule has 5 heteroatoms. The second kappa shape index (κ2) is 7.42. The van der Waals surface area contributed by atoms with Crippen LogP contribution < -0.4 is 4.74 Å². The van der Waals surface area contributed by atoms with Crippen LogP contribution in [0.4, 0.5) is 0 Å². The van der Waals surface area contributed by atoms with Gasteiger partial charge < -0.3 is 19.7 Å². The Morgan fingerprint density at radius 3 is 2.64 bits per heavy atom. The Labute approximate surface area is 130 Å². The van der Waals surface area contributed by atoms with E-state index >= 15 is 0 Å². The largest absolute Gasteiger partial charge is 0.488 e. The third kappa shape index (κ3) is 4.08. The molecule has 0 spiro atoms. The predicted octanol–water partition coefficient (Wildman–Crippen LogP) is 2.99. The SMILES string of the molecule is C=C1CC(C(CCCC)Oc2ccc(C(=O)O)cc2)OC1O. The van der Waals surface area contributed by atoms with Crippen molar-refractivity contribution in [1.29, 1.82) is 0 Å². The predicted molar refractivity (Wildman–Crippen MR) is 82.0 cm³/mol. The summed E-state index contributed by atoms with van der Waals surface area (Å²) < 4.78 is 11.5. The summed E-state index contributed by atoms with van der Waals surface area (Å²) in [6, 6.07) is 6.31. The van der Waals surface area contributed by atoms with E-state index in [1.54, 1.807) is 12.1 Å². The average molecular weight is 306 g/mol. The molecule has 0 bridgehead atoms. The Morgan fingerprint density at radius 1 is 1.45 bits per heavy atom. The molecule has 5 nitrogen and oxygen atoms in total. The lowest BCUT2D eigenvalue weighted by Gasteiger charge is -2.24. The summed E-state index contributed by atoms with van der Waals surface area (Å²) in [6.45, 7) is 5.89. The monoisotopic (exact) mass is 306 g/mol. The smallest absolute Gasteiger partial charge is 0.335 e. The minimum absolute atomic E-state index is 0.190. The van der Waals surface area contributed by atoms with Gasteiger partial charge in [0.05, 0.1) is 5.56 Å². The van der Waals surface area contributed by atoms with E-state index in [2.05, 4.69) is 13.5 Å². The topological polar surface area (TPSA) is 76.0 Å². The van der Waals surface area contributed by atoms with Gasteiger partial charge in [0, 0.05) is 6.42 Å². The van der Waals surface area contributed by atoms with Crippen molar-refractivity contribution < 1.29 is 24.5 Å². The number of hydrogen-bond donors (Lipinski definition) is 2. The molecule has 0 saturated carbocycles. The van der Waals surface area contributed by atoms with Crippen molar-refractivity contribution in [2.24, 2.45) is 0 Å². The van der Waals surface area contributed by atoms with Crippen molar-refractivity contribution in [2.75, 3.05) is 0 Å². The Morgan fingerprint density at radius 2 is 2.14 bits per heavy atom. The zero-order valence-electron chi connectivity index (χ0n) is 12.7. The lowest BCUT2D eigenvalue weighted by atomic mass is 10.0. The van der Waals surface area contributed by atoms with Gasteiger partial charge in [0.2, 0.25) is 0 Å². The first kappa shape index (κ1) is 16.5. The molecule has 1 aromatic rings. The standard InChI is InChI=1S/C17H22O5/c1-3-4-5-14(15-10-11(2)17(20)22-15)21-13-8-6-12(7-9-13)16(18)19/h6-9,14-15,17,20H,2-5,10H2,1H3,(H,18,19). The number of rotatable bonds is 7. The van der Waals surface area contributed by atoms with E-state index in [0.717, 1.165) is 19.3 Å². The van der Waals surface area contributed by atoms with Crippen molar-refractivity contribution in [3.8, 4) is 5.75 Å². The third-order valence-electron chi connectivity index (χ3n) is 3.76. The molecule has 1 heterocycles. The highest BCUT2D eigenvalue weighted by Gasteiger charge is 2.34. The van der Waals surface area contributed by atoms with Gasteiger partial charge in [-0.1, -0.05) is 19.9 Å². The quantitative estimate of drug-likeness (QED) is 0.757. The summed E-state index contributed by atoms with van der Waals surface area (Å²) in [5.74, 6) is -0.366. The molecule has 3 unspecified atom stereocenters. The number of aromatic carboxylic acids is 1. The van der Waals surface area contributed by atoms with Crippen LogP contribution in [0.3, 0.4) is 0 Å². The van der Waals surface area contributed by atoms with E-state index in [0.29, 0.717) is 17.7 Å². The number of unbranched alkanes of at least 4 members (excludes halogenated alkanes) is 1. The van der Waals surface area contributed by atoms with Gasteiger partial charge in [-0.05, 0) is 42.7 Å². The Hall–Kier alpha value is -1.85. The van der Waals surface area contributed by atoms with E-state index in [9.17, 15) is 9.90 Å². The molecule has 2 N–H and O–H groups in total. The fourth-order valence-electron chi connectivity index (χ4n) is 2.47. The second-order valence-electron chi connectivity index (χ2n) is 5.52. The van der Waals surface area contributed by atoms with E-state index in [-0.39, 0.29) is 17.8 Å². The Balaban J connectivity index is 2.05. The van der Waals surface area contributed by atoms with Crippen LogP contribution in [0.25, 0.3) is 0 Å². The molecule has 1 aliphatic heterocycles. The maximum Gasteiger partial charge on any atom is 0.335 e. The van der Waals surface area contributed by atoms with Crippen molar-refractivity contribution in [1.82, 2.24) is 0 Å². The van der Waals surface area contributed by atoms with Gasteiger partial charge in [-0.25, -0.2) is 4.79 Å². The number of carboxylic acids is 1. The van der Waals surface area contributed by atoms with Gasteiger partial charge in [0.25, 0.3) is 0 Å². The highest BCUT2D eigenvalue weighted by atomic mass is 16.6. The van der Waals surface area contributed by atoms with E-state index in [1.807, 2.05) is 0 Å². The molecule has 120 valence electrons. The summed E-state index contributed by atoms with van der Waals surface area (Å²) in [5, 5.41) is 18.6. The number of ether oxygens (including phenoxy) is 2. The molecule has 0 amide bonds. The van der Waals surface area contributed by atoms with E-state index in [1.165, 1.54) is 12.1 Å². The van der Waals surface area contributed by atoms with Crippen LogP contribution in [-0.2, 0) is 4.74 Å². The first-order valence-electron chi connectivity index (χ1n) is 7.52. The molecule has 2 rings (SSSR count). The Bertz CT molecular complexity index is 522. The highest BCUT2D eigenvalue weighted by Crippen LogP contribution is 2.29. The second-order valence-corrected chi connectivity index (χ2v) is 5.52. The van der Waals surface area contributed by atoms with Crippen molar-refractivity contribution >= 4 is 5.97 Å². The normalized spacial score (nSPS) is 22.5. The lowest BCUT2D eigenvalue weighted by Crippen LogP contribution is -2.32. The lowest BCUT2D eigenvalue weighted by molar-refractivity contribution is -0.107. The van der Waals surface area contributed by atoms with Gasteiger partial charge in [-0.15, -0.1) is 0 Å². The van der Waals surface area contributed by atoms with Gasteiger partial charge in [0.1, 0.15) is 18.0 Å². The molecule has 1 fully saturated rings. The van der Waals surface area contributed by atoms with Gasteiger partial charge >= 0.3 is 5.97 Å². The fourth-order valence-corrected chi connectivity index (χ4v) is 2.47. The minimum Gasteiger partial charge on any atom is -0.488 e.